The Labute approximate surface area is 150 Å². The van der Waals surface area contributed by atoms with E-state index in [-0.39, 0.29) is 10.8 Å². The fourth-order valence-corrected chi connectivity index (χ4v) is 4.67. The number of nitrogens with one attached hydrogen (secondary N) is 2. The Bertz CT molecular complexity index is 1070. The van der Waals surface area contributed by atoms with Crippen molar-refractivity contribution in [2.45, 2.75) is 25.7 Å². The first-order valence-electron chi connectivity index (χ1n) is 7.53. The summed E-state index contributed by atoms with van der Waals surface area (Å²) < 4.78 is 28.8. The highest BCUT2D eigenvalue weighted by Crippen LogP contribution is 2.29. The fourth-order valence-electron chi connectivity index (χ4n) is 2.40. The number of rotatable bonds is 4. The summed E-state index contributed by atoms with van der Waals surface area (Å²) in [5.74, 6) is -0.199. The summed E-state index contributed by atoms with van der Waals surface area (Å²) in [6.45, 7) is 5.02. The van der Waals surface area contributed by atoms with Gasteiger partial charge in [0.15, 0.2) is 5.13 Å². The van der Waals surface area contributed by atoms with E-state index in [4.69, 9.17) is 0 Å². The lowest BCUT2D eigenvalue weighted by Crippen LogP contribution is -2.14. The monoisotopic (exact) mass is 375 g/mol. The smallest absolute Gasteiger partial charge is 0.262 e. The van der Waals surface area contributed by atoms with Crippen LogP contribution in [0.3, 0.4) is 0 Å². The molecule has 6 nitrogen and oxygen atoms in total. The van der Waals surface area contributed by atoms with Gasteiger partial charge < -0.3 is 5.32 Å². The zero-order valence-corrected chi connectivity index (χ0v) is 15.6. The van der Waals surface area contributed by atoms with Crippen molar-refractivity contribution in [3.63, 3.8) is 0 Å². The van der Waals surface area contributed by atoms with E-state index in [1.54, 1.807) is 37.3 Å². The number of aromatic nitrogens is 1. The Kier molecular flexibility index (Phi) is 4.49. The van der Waals surface area contributed by atoms with Gasteiger partial charge in [0.1, 0.15) is 0 Å². The number of nitrogens with zero attached hydrogens (tertiary/aromatic N) is 1. The Morgan fingerprint density at radius 1 is 1.12 bits per heavy atom. The second-order valence-electron chi connectivity index (χ2n) is 5.76. The van der Waals surface area contributed by atoms with Gasteiger partial charge in [-0.15, -0.1) is 0 Å². The maximum absolute atomic E-state index is 12.7. The van der Waals surface area contributed by atoms with Gasteiger partial charge in [-0.25, -0.2) is 13.4 Å². The number of hydrogen-bond donors (Lipinski definition) is 2. The van der Waals surface area contributed by atoms with Crippen molar-refractivity contribution in [2.75, 3.05) is 10.0 Å². The molecule has 0 atom stereocenters. The third-order valence-electron chi connectivity index (χ3n) is 3.56. The van der Waals surface area contributed by atoms with Gasteiger partial charge >= 0.3 is 0 Å². The van der Waals surface area contributed by atoms with E-state index in [1.807, 2.05) is 13.0 Å². The Morgan fingerprint density at radius 3 is 2.60 bits per heavy atom. The zero-order chi connectivity index (χ0) is 18.2. The minimum absolute atomic E-state index is 0.199. The molecule has 0 aliphatic rings. The normalized spacial score (nSPS) is 11.5. The molecule has 0 spiro atoms. The maximum atomic E-state index is 12.7. The molecule has 0 fully saturated rings. The predicted octanol–water partition coefficient (Wildman–Crippen LogP) is 3.67. The molecule has 0 saturated heterocycles. The van der Waals surface area contributed by atoms with Gasteiger partial charge in [-0.1, -0.05) is 23.5 Å². The number of carbonyl (C=O) groups excluding carboxylic acids is 1. The molecule has 130 valence electrons. The van der Waals surface area contributed by atoms with E-state index in [2.05, 4.69) is 15.0 Å². The van der Waals surface area contributed by atoms with Crippen molar-refractivity contribution in [2.24, 2.45) is 0 Å². The average molecular weight is 375 g/mol. The van der Waals surface area contributed by atoms with Crippen molar-refractivity contribution >= 4 is 48.3 Å². The van der Waals surface area contributed by atoms with Crippen LogP contribution in [-0.2, 0) is 14.8 Å². The van der Waals surface area contributed by atoms with Gasteiger partial charge in [-0.3, -0.25) is 9.52 Å². The van der Waals surface area contributed by atoms with Crippen molar-refractivity contribution in [1.82, 2.24) is 4.98 Å². The minimum Gasteiger partial charge on any atom is -0.302 e. The number of thiazole rings is 1. The Balaban J connectivity index is 1.94. The van der Waals surface area contributed by atoms with Crippen molar-refractivity contribution in [3.8, 4) is 0 Å². The number of sulfonamides is 1. The molecule has 0 aliphatic heterocycles. The van der Waals surface area contributed by atoms with Crippen LogP contribution in [0, 0.1) is 13.8 Å². The second kappa shape index (κ2) is 6.45. The van der Waals surface area contributed by atoms with Gasteiger partial charge in [-0.05, 0) is 49.2 Å². The molecule has 2 N–H and O–H groups in total. The van der Waals surface area contributed by atoms with E-state index in [0.717, 1.165) is 10.3 Å². The van der Waals surface area contributed by atoms with Crippen LogP contribution in [0.1, 0.15) is 18.1 Å². The summed E-state index contributed by atoms with van der Waals surface area (Å²) in [5, 5.41) is 3.11. The van der Waals surface area contributed by atoms with Crippen LogP contribution in [0.25, 0.3) is 10.2 Å². The molecule has 1 heterocycles. The lowest BCUT2D eigenvalue weighted by molar-refractivity contribution is -0.114. The molecule has 0 radical (unpaired) electrons. The van der Waals surface area contributed by atoms with Gasteiger partial charge in [0, 0.05) is 6.92 Å². The SMILES string of the molecule is CC(=O)Nc1nc2cc(NS(=O)(=O)c3cc(C)ccc3C)ccc2s1. The highest BCUT2D eigenvalue weighted by atomic mass is 32.2. The molecule has 0 aliphatic carbocycles. The maximum Gasteiger partial charge on any atom is 0.262 e. The van der Waals surface area contributed by atoms with Crippen molar-refractivity contribution in [3.05, 3.63) is 47.5 Å². The quantitative estimate of drug-likeness (QED) is 0.728. The number of anilines is 2. The number of benzene rings is 2. The summed E-state index contributed by atoms with van der Waals surface area (Å²) >= 11 is 1.33. The van der Waals surface area contributed by atoms with Crippen LogP contribution in [0.2, 0.25) is 0 Å². The van der Waals surface area contributed by atoms with Crippen LogP contribution in [0.5, 0.6) is 0 Å². The number of amides is 1. The number of fused-ring (bicyclic) bond motifs is 1. The topological polar surface area (TPSA) is 88.2 Å². The summed E-state index contributed by atoms with van der Waals surface area (Å²) in [4.78, 5) is 15.7. The second-order valence-corrected chi connectivity index (χ2v) is 8.44. The van der Waals surface area contributed by atoms with Crippen LogP contribution in [0.15, 0.2) is 41.3 Å². The van der Waals surface area contributed by atoms with Gasteiger partial charge in [0.2, 0.25) is 5.91 Å². The van der Waals surface area contributed by atoms with E-state index >= 15 is 0 Å². The Hall–Kier alpha value is -2.45. The molecular weight excluding hydrogens is 358 g/mol. The zero-order valence-electron chi connectivity index (χ0n) is 14.0. The van der Waals surface area contributed by atoms with Gasteiger partial charge in [0.05, 0.1) is 20.8 Å². The average Bonchev–Trinajstić information content (AvgIpc) is 2.89. The number of carbonyl (C=O) groups is 1. The third-order valence-corrected chi connectivity index (χ3v) is 6.03. The molecule has 8 heteroatoms. The van der Waals surface area contributed by atoms with E-state index in [1.165, 1.54) is 18.3 Å². The van der Waals surface area contributed by atoms with Crippen LogP contribution in [-0.4, -0.2) is 19.3 Å². The van der Waals surface area contributed by atoms with E-state index in [9.17, 15) is 13.2 Å². The number of hydrogen-bond acceptors (Lipinski definition) is 5. The predicted molar refractivity (Wildman–Crippen MR) is 101 cm³/mol. The van der Waals surface area contributed by atoms with Crippen LogP contribution >= 0.6 is 11.3 Å². The van der Waals surface area contributed by atoms with Gasteiger partial charge in [-0.2, -0.15) is 0 Å². The summed E-state index contributed by atoms with van der Waals surface area (Å²) in [6.07, 6.45) is 0. The molecule has 1 aromatic heterocycles. The molecule has 2 aromatic carbocycles. The molecule has 0 bridgehead atoms. The summed E-state index contributed by atoms with van der Waals surface area (Å²) in [5.41, 5.74) is 2.60. The first-order valence-corrected chi connectivity index (χ1v) is 9.83. The fraction of sp³-hybridized carbons (Fsp3) is 0.176. The van der Waals surface area contributed by atoms with E-state index < -0.39 is 10.0 Å². The molecule has 3 rings (SSSR count). The molecule has 1 amide bonds. The highest BCUT2D eigenvalue weighted by Gasteiger charge is 2.17. The lowest BCUT2D eigenvalue weighted by atomic mass is 10.2. The standard InChI is InChI=1S/C17H17N3O3S2/c1-10-4-5-11(2)16(8-10)25(22,23)20-13-6-7-15-14(9-13)19-17(24-15)18-12(3)21/h4-9,20H,1-3H3,(H,18,19,21). The van der Waals surface area contributed by atoms with E-state index in [0.29, 0.717) is 21.9 Å². The van der Waals surface area contributed by atoms with Crippen LogP contribution < -0.4 is 10.0 Å². The summed E-state index contributed by atoms with van der Waals surface area (Å²) in [7, 11) is -3.69. The molecular formula is C17H17N3O3S2. The number of aryl methyl sites for hydroxylation is 2. The highest BCUT2D eigenvalue weighted by molar-refractivity contribution is 7.92. The third kappa shape index (κ3) is 3.80. The molecule has 0 saturated carbocycles. The molecule has 3 aromatic rings. The first kappa shape index (κ1) is 17.4. The Morgan fingerprint density at radius 2 is 1.88 bits per heavy atom. The largest absolute Gasteiger partial charge is 0.302 e. The van der Waals surface area contributed by atoms with Crippen LogP contribution in [0.4, 0.5) is 10.8 Å². The lowest BCUT2D eigenvalue weighted by Gasteiger charge is -2.11. The summed E-state index contributed by atoms with van der Waals surface area (Å²) in [6, 6.07) is 10.4. The molecule has 0 unspecified atom stereocenters. The van der Waals surface area contributed by atoms with Crippen molar-refractivity contribution in [1.29, 1.82) is 0 Å². The first-order chi connectivity index (χ1) is 11.7. The minimum atomic E-state index is -3.69. The van der Waals surface area contributed by atoms with Gasteiger partial charge in [0.25, 0.3) is 10.0 Å². The van der Waals surface area contributed by atoms with Crippen molar-refractivity contribution < 1.29 is 13.2 Å². The molecule has 25 heavy (non-hydrogen) atoms.